The van der Waals surface area contributed by atoms with Gasteiger partial charge in [0.15, 0.2) is 16.3 Å². The molecule has 30 heavy (non-hydrogen) atoms. The van der Waals surface area contributed by atoms with Gasteiger partial charge in [-0.05, 0) is 48.7 Å². The quantitative estimate of drug-likeness (QED) is 0.544. The van der Waals surface area contributed by atoms with E-state index in [0.717, 1.165) is 34.9 Å². The second-order valence-corrected chi connectivity index (χ2v) is 8.76. The Kier molecular flexibility index (Phi) is 6.32. The molecule has 0 amide bonds. The summed E-state index contributed by atoms with van der Waals surface area (Å²) in [4.78, 5) is 13.5. The molecule has 0 bridgehead atoms. The van der Waals surface area contributed by atoms with E-state index in [2.05, 4.69) is 21.5 Å². The first kappa shape index (κ1) is 20.8. The van der Waals surface area contributed by atoms with E-state index in [1.165, 1.54) is 37.4 Å². The van der Waals surface area contributed by atoms with Crippen LogP contribution in [0.25, 0.3) is 11.2 Å². The fourth-order valence-electron chi connectivity index (χ4n) is 4.40. The van der Waals surface area contributed by atoms with E-state index in [1.807, 2.05) is 24.5 Å². The molecule has 2 unspecified atom stereocenters. The molecule has 8 heteroatoms. The van der Waals surface area contributed by atoms with Crippen molar-refractivity contribution in [2.24, 2.45) is 5.92 Å². The number of ether oxygens (including phenoxy) is 2. The zero-order valence-corrected chi connectivity index (χ0v) is 18.6. The number of methoxy groups -OCH3 is 2. The molecular weight excluding hydrogens is 398 g/mol. The van der Waals surface area contributed by atoms with Crippen molar-refractivity contribution >= 4 is 22.9 Å². The van der Waals surface area contributed by atoms with Crippen LogP contribution in [-0.2, 0) is 0 Å². The normalized spacial score (nSPS) is 19.6. The number of aromatic amines is 1. The molecule has 160 valence electrons. The minimum Gasteiger partial charge on any atom is -0.497 e. The van der Waals surface area contributed by atoms with Crippen LogP contribution < -0.4 is 15.0 Å². The number of hydrogen-bond donors (Lipinski definition) is 2. The molecule has 1 saturated carbocycles. The van der Waals surface area contributed by atoms with Crippen molar-refractivity contribution in [1.82, 2.24) is 19.5 Å². The van der Waals surface area contributed by atoms with Gasteiger partial charge in [-0.25, -0.2) is 9.97 Å². The van der Waals surface area contributed by atoms with Crippen LogP contribution in [0.5, 0.6) is 11.5 Å². The maximum atomic E-state index is 8.30. The third-order valence-electron chi connectivity index (χ3n) is 6.03. The van der Waals surface area contributed by atoms with Crippen molar-refractivity contribution in [2.75, 3.05) is 14.2 Å². The first-order chi connectivity index (χ1) is 14.6. The topological polar surface area (TPSA) is 88.8 Å². The Hall–Kier alpha value is -2.48. The van der Waals surface area contributed by atoms with Gasteiger partial charge in [0.25, 0.3) is 0 Å². The fourth-order valence-corrected chi connectivity index (χ4v) is 5.32. The first-order valence-corrected chi connectivity index (χ1v) is 11.4. The predicted octanol–water partition coefficient (Wildman–Crippen LogP) is 4.94. The molecule has 2 N–H and O–H groups in total. The van der Waals surface area contributed by atoms with E-state index in [1.54, 1.807) is 14.2 Å². The van der Waals surface area contributed by atoms with E-state index in [4.69, 9.17) is 19.9 Å². The molecule has 1 aromatic carbocycles. The molecule has 2 heterocycles. The van der Waals surface area contributed by atoms with E-state index in [9.17, 15) is 0 Å². The number of benzene rings is 1. The molecule has 0 aliphatic heterocycles. The van der Waals surface area contributed by atoms with Gasteiger partial charge in [0, 0.05) is 6.04 Å². The zero-order valence-electron chi connectivity index (χ0n) is 17.8. The molecule has 2 atom stereocenters. The Balaban J connectivity index is 1.75. The highest BCUT2D eigenvalue weighted by Crippen LogP contribution is 2.38. The summed E-state index contributed by atoms with van der Waals surface area (Å²) in [5.74, 6) is 2.13. The summed E-state index contributed by atoms with van der Waals surface area (Å²) in [6.45, 7) is 2.27. The Morgan fingerprint density at radius 2 is 2.03 bits per heavy atom. The highest BCUT2D eigenvalue weighted by Gasteiger charge is 2.26. The molecule has 0 radical (unpaired) electrons. The predicted molar refractivity (Wildman–Crippen MR) is 117 cm³/mol. The first-order valence-electron chi connectivity index (χ1n) is 10.6. The third kappa shape index (κ3) is 4.05. The lowest BCUT2D eigenvalue weighted by Crippen LogP contribution is -2.22. The van der Waals surface area contributed by atoms with Gasteiger partial charge >= 0.3 is 0 Å². The molecular formula is C22H29N5O2S. The molecule has 1 fully saturated rings. The largest absolute Gasteiger partial charge is 0.497 e. The fraction of sp³-hybridized carbons (Fsp3) is 0.500. The smallest absolute Gasteiger partial charge is 0.173 e. The van der Waals surface area contributed by atoms with Crippen molar-refractivity contribution in [3.05, 3.63) is 30.0 Å². The lowest BCUT2D eigenvalue weighted by molar-refractivity contribution is 0.304. The molecule has 1 aliphatic carbocycles. The summed E-state index contributed by atoms with van der Waals surface area (Å²) < 4.78 is 13.1. The molecule has 2 aromatic heterocycles. The van der Waals surface area contributed by atoms with Crippen LogP contribution in [0.4, 0.5) is 0 Å². The number of nitrogens with one attached hydrogen (secondary N) is 2. The summed E-state index contributed by atoms with van der Waals surface area (Å²) in [5.41, 5.74) is 1.71. The average Bonchev–Trinajstić information content (AvgIpc) is 3.05. The minimum atomic E-state index is 0.222. The second kappa shape index (κ2) is 9.12. The van der Waals surface area contributed by atoms with Gasteiger partial charge in [0.05, 0.1) is 25.4 Å². The monoisotopic (exact) mass is 427 g/mol. The minimum absolute atomic E-state index is 0.222. The number of aromatic nitrogens is 4. The van der Waals surface area contributed by atoms with Gasteiger partial charge in [-0.15, -0.1) is 0 Å². The maximum absolute atomic E-state index is 8.30. The molecule has 0 saturated heterocycles. The Morgan fingerprint density at radius 3 is 2.80 bits per heavy atom. The number of imidazole rings is 1. The van der Waals surface area contributed by atoms with Crippen LogP contribution in [0.15, 0.2) is 34.6 Å². The van der Waals surface area contributed by atoms with Gasteiger partial charge in [0.1, 0.15) is 17.0 Å². The van der Waals surface area contributed by atoms with Crippen molar-refractivity contribution in [3.63, 3.8) is 0 Å². The van der Waals surface area contributed by atoms with Crippen molar-refractivity contribution in [2.45, 2.75) is 61.5 Å². The Bertz CT molecular complexity index is 1080. The van der Waals surface area contributed by atoms with Gasteiger partial charge in [-0.2, -0.15) is 0 Å². The van der Waals surface area contributed by atoms with Crippen LogP contribution in [0.2, 0.25) is 0 Å². The maximum Gasteiger partial charge on any atom is 0.173 e. The number of fused-ring (bicyclic) bond motifs is 1. The van der Waals surface area contributed by atoms with E-state index in [0.29, 0.717) is 22.6 Å². The second-order valence-electron chi connectivity index (χ2n) is 7.73. The number of nitrogens with zero attached hydrogens (tertiary/aromatic N) is 3. The van der Waals surface area contributed by atoms with Crippen LogP contribution in [0.1, 0.15) is 51.5 Å². The van der Waals surface area contributed by atoms with Gasteiger partial charge < -0.3 is 19.0 Å². The van der Waals surface area contributed by atoms with Gasteiger partial charge in [-0.1, -0.05) is 32.6 Å². The SMILES string of the molecule is CCC1CCCCCC1n1cnc(=N)c2[nH]c(Sc3cc(OC)ccc3OC)nc21. The van der Waals surface area contributed by atoms with Crippen LogP contribution in [0.3, 0.4) is 0 Å². The van der Waals surface area contributed by atoms with Crippen LogP contribution in [0, 0.1) is 11.3 Å². The molecule has 0 spiro atoms. The van der Waals surface area contributed by atoms with Gasteiger partial charge in [0.2, 0.25) is 0 Å². The summed E-state index contributed by atoms with van der Waals surface area (Å²) in [7, 11) is 3.30. The number of H-pyrrole nitrogens is 1. The van der Waals surface area contributed by atoms with Gasteiger partial charge in [-0.3, -0.25) is 5.41 Å². The lowest BCUT2D eigenvalue weighted by atomic mass is 9.92. The van der Waals surface area contributed by atoms with Crippen molar-refractivity contribution in [3.8, 4) is 11.5 Å². The highest BCUT2D eigenvalue weighted by atomic mass is 32.2. The van der Waals surface area contributed by atoms with E-state index < -0.39 is 0 Å². The molecule has 7 nitrogen and oxygen atoms in total. The average molecular weight is 428 g/mol. The van der Waals surface area contributed by atoms with Crippen LogP contribution >= 0.6 is 11.8 Å². The molecule has 3 aromatic rings. The molecule has 1 aliphatic rings. The highest BCUT2D eigenvalue weighted by molar-refractivity contribution is 7.99. The van der Waals surface area contributed by atoms with E-state index in [-0.39, 0.29) is 5.49 Å². The lowest BCUT2D eigenvalue weighted by Gasteiger charge is -2.26. The standard InChI is InChI=1S/C22H29N5O2S/c1-4-14-8-6-5-7-9-16(14)27-13-24-20(23)19-21(27)26-22(25-19)30-18-12-15(28-2)10-11-17(18)29-3/h10-14,16,23H,4-9H2,1-3H3,(H,25,26). The van der Waals surface area contributed by atoms with Crippen molar-refractivity contribution in [1.29, 1.82) is 5.41 Å². The van der Waals surface area contributed by atoms with Crippen molar-refractivity contribution < 1.29 is 9.47 Å². The van der Waals surface area contributed by atoms with E-state index >= 15 is 0 Å². The number of rotatable bonds is 6. The summed E-state index contributed by atoms with van der Waals surface area (Å²) in [5, 5.41) is 9.01. The number of hydrogen-bond acceptors (Lipinski definition) is 6. The van der Waals surface area contributed by atoms with Crippen LogP contribution in [-0.4, -0.2) is 33.7 Å². The molecule has 4 rings (SSSR count). The summed E-state index contributed by atoms with van der Waals surface area (Å²) >= 11 is 1.47. The Labute approximate surface area is 180 Å². The summed E-state index contributed by atoms with van der Waals surface area (Å²) in [6.07, 6.45) is 9.14. The zero-order chi connectivity index (χ0) is 21.1. The third-order valence-corrected chi connectivity index (χ3v) is 6.96. The summed E-state index contributed by atoms with van der Waals surface area (Å²) in [6, 6.07) is 6.07. The Morgan fingerprint density at radius 1 is 1.20 bits per heavy atom.